The number of carboxylic acids is 1. The predicted molar refractivity (Wildman–Crippen MR) is 72.9 cm³/mol. The summed E-state index contributed by atoms with van der Waals surface area (Å²) in [5.41, 5.74) is -0.642. The Bertz CT molecular complexity index is 417. The average Bonchev–Trinajstić information content (AvgIpc) is 2.36. The number of hydrogen-bond acceptors (Lipinski definition) is 5. The Morgan fingerprint density at radius 3 is 2.38 bits per heavy atom. The number of likely N-dealkylation sites (tertiary alicyclic amines) is 1. The van der Waals surface area contributed by atoms with Gasteiger partial charge in [-0.15, -0.1) is 0 Å². The van der Waals surface area contributed by atoms with E-state index in [9.17, 15) is 19.5 Å². The molecule has 1 heterocycles. The fourth-order valence-corrected chi connectivity index (χ4v) is 2.08. The molecule has 0 saturated carbocycles. The molecule has 0 aromatic rings. The maximum atomic E-state index is 12.0. The van der Waals surface area contributed by atoms with Gasteiger partial charge in [0.1, 0.15) is 5.60 Å². The van der Waals surface area contributed by atoms with Gasteiger partial charge in [0.05, 0.1) is 13.0 Å². The molecule has 8 heteroatoms. The van der Waals surface area contributed by atoms with Crippen molar-refractivity contribution in [2.24, 2.45) is 5.92 Å². The first-order valence-electron chi connectivity index (χ1n) is 6.69. The van der Waals surface area contributed by atoms with Crippen molar-refractivity contribution in [1.29, 1.82) is 0 Å². The number of aliphatic carboxylic acids is 1. The fraction of sp³-hybridized carbons (Fsp3) is 0.769. The van der Waals surface area contributed by atoms with E-state index < -0.39 is 35.7 Å². The summed E-state index contributed by atoms with van der Waals surface area (Å²) < 4.78 is 9.70. The lowest BCUT2D eigenvalue weighted by molar-refractivity contribution is -0.144. The minimum Gasteiger partial charge on any atom is -0.481 e. The van der Waals surface area contributed by atoms with Gasteiger partial charge in [-0.05, 0) is 27.2 Å². The van der Waals surface area contributed by atoms with Gasteiger partial charge in [0.25, 0.3) is 0 Å². The van der Waals surface area contributed by atoms with Crippen LogP contribution in [0.25, 0.3) is 0 Å². The van der Waals surface area contributed by atoms with E-state index in [1.807, 2.05) is 0 Å². The van der Waals surface area contributed by atoms with Gasteiger partial charge in [-0.3, -0.25) is 4.79 Å². The average molecular weight is 302 g/mol. The van der Waals surface area contributed by atoms with Crippen molar-refractivity contribution in [2.45, 2.75) is 38.8 Å². The lowest BCUT2D eigenvalue weighted by atomic mass is 9.92. The number of amides is 2. The summed E-state index contributed by atoms with van der Waals surface area (Å²) in [7, 11) is 1.21. The van der Waals surface area contributed by atoms with Crippen LogP contribution in [-0.2, 0) is 14.3 Å². The zero-order valence-electron chi connectivity index (χ0n) is 12.7. The van der Waals surface area contributed by atoms with E-state index in [2.05, 4.69) is 10.1 Å². The number of nitrogens with zero attached hydrogens (tertiary/aromatic N) is 1. The largest absolute Gasteiger partial charge is 0.481 e. The molecule has 1 saturated heterocycles. The second-order valence-electron chi connectivity index (χ2n) is 5.90. The van der Waals surface area contributed by atoms with E-state index >= 15 is 0 Å². The number of ether oxygens (including phenoxy) is 2. The number of hydrogen-bond donors (Lipinski definition) is 2. The second-order valence-corrected chi connectivity index (χ2v) is 5.90. The molecule has 120 valence electrons. The minimum atomic E-state index is -1.08. The number of piperidine rings is 1. The monoisotopic (exact) mass is 302 g/mol. The van der Waals surface area contributed by atoms with Crippen molar-refractivity contribution in [3.05, 3.63) is 0 Å². The zero-order valence-corrected chi connectivity index (χ0v) is 12.7. The number of carboxylic acid groups (broad SMARTS) is 1. The SMILES string of the molecule is COC(=O)N[C@H]1CCN(C(=O)OC(C)(C)C)C[C@H]1C(=O)O. The molecule has 1 aliphatic rings. The molecule has 8 nitrogen and oxygen atoms in total. The van der Waals surface area contributed by atoms with E-state index in [-0.39, 0.29) is 6.54 Å². The van der Waals surface area contributed by atoms with E-state index in [0.717, 1.165) is 0 Å². The van der Waals surface area contributed by atoms with E-state index in [4.69, 9.17) is 4.74 Å². The minimum absolute atomic E-state index is 0.0150. The maximum absolute atomic E-state index is 12.0. The van der Waals surface area contributed by atoms with Crippen LogP contribution >= 0.6 is 0 Å². The highest BCUT2D eigenvalue weighted by molar-refractivity contribution is 5.76. The van der Waals surface area contributed by atoms with Crippen LogP contribution in [0, 0.1) is 5.92 Å². The van der Waals surface area contributed by atoms with Crippen LogP contribution in [0.2, 0.25) is 0 Å². The van der Waals surface area contributed by atoms with Crippen LogP contribution < -0.4 is 5.32 Å². The molecule has 2 atom stereocenters. The Kier molecular flexibility index (Phi) is 5.40. The number of nitrogens with one attached hydrogen (secondary N) is 1. The first kappa shape index (κ1) is 17.1. The Morgan fingerprint density at radius 2 is 1.90 bits per heavy atom. The predicted octanol–water partition coefficient (Wildman–Crippen LogP) is 1.05. The van der Waals surface area contributed by atoms with E-state index in [0.29, 0.717) is 13.0 Å². The number of rotatable bonds is 2. The topological polar surface area (TPSA) is 105 Å². The highest BCUT2D eigenvalue weighted by Gasteiger charge is 2.38. The van der Waals surface area contributed by atoms with Gasteiger partial charge in [-0.1, -0.05) is 0 Å². The molecule has 0 spiro atoms. The summed E-state index contributed by atoms with van der Waals surface area (Å²) >= 11 is 0. The van der Waals surface area contributed by atoms with Gasteiger partial charge in [-0.25, -0.2) is 9.59 Å². The number of carbonyl (C=O) groups excluding carboxylic acids is 2. The normalized spacial score (nSPS) is 22.4. The van der Waals surface area contributed by atoms with Gasteiger partial charge >= 0.3 is 18.2 Å². The molecule has 0 bridgehead atoms. The lowest BCUT2D eigenvalue weighted by Gasteiger charge is -2.37. The molecule has 0 radical (unpaired) electrons. The molecule has 1 aliphatic heterocycles. The van der Waals surface area contributed by atoms with Crippen LogP contribution in [0.1, 0.15) is 27.2 Å². The van der Waals surface area contributed by atoms with Crippen molar-refractivity contribution >= 4 is 18.2 Å². The Balaban J connectivity index is 2.71. The molecular weight excluding hydrogens is 280 g/mol. The third-order valence-electron chi connectivity index (χ3n) is 3.07. The van der Waals surface area contributed by atoms with Crippen LogP contribution in [0.15, 0.2) is 0 Å². The molecular formula is C13H22N2O6. The molecule has 1 rings (SSSR count). The summed E-state index contributed by atoms with van der Waals surface area (Å²) in [5, 5.41) is 11.7. The molecule has 0 aliphatic carbocycles. The van der Waals surface area contributed by atoms with Gasteiger partial charge in [0.2, 0.25) is 0 Å². The highest BCUT2D eigenvalue weighted by atomic mass is 16.6. The second kappa shape index (κ2) is 6.64. The summed E-state index contributed by atoms with van der Waals surface area (Å²) in [6.45, 7) is 5.52. The third-order valence-corrected chi connectivity index (χ3v) is 3.07. The quantitative estimate of drug-likeness (QED) is 0.790. The number of methoxy groups -OCH3 is 1. The smallest absolute Gasteiger partial charge is 0.410 e. The molecule has 0 aromatic heterocycles. The van der Waals surface area contributed by atoms with Crippen molar-refractivity contribution in [1.82, 2.24) is 10.2 Å². The van der Waals surface area contributed by atoms with E-state index in [1.165, 1.54) is 12.0 Å². The van der Waals surface area contributed by atoms with Gasteiger partial charge in [0, 0.05) is 19.1 Å². The maximum Gasteiger partial charge on any atom is 0.410 e. The number of alkyl carbamates (subject to hydrolysis) is 1. The van der Waals surface area contributed by atoms with E-state index in [1.54, 1.807) is 20.8 Å². The van der Waals surface area contributed by atoms with Crippen molar-refractivity contribution in [3.8, 4) is 0 Å². The van der Waals surface area contributed by atoms with Crippen LogP contribution in [0.4, 0.5) is 9.59 Å². The van der Waals surface area contributed by atoms with Crippen molar-refractivity contribution in [2.75, 3.05) is 20.2 Å². The standard InChI is InChI=1S/C13H22N2O6/c1-13(2,3)21-12(19)15-6-5-9(14-11(18)20-4)8(7-15)10(16)17/h8-9H,5-7H2,1-4H3,(H,14,18)(H,16,17)/t8-,9+/m1/s1. The molecule has 21 heavy (non-hydrogen) atoms. The fourth-order valence-electron chi connectivity index (χ4n) is 2.08. The Hall–Kier alpha value is -1.99. The molecule has 0 aromatic carbocycles. The summed E-state index contributed by atoms with van der Waals surface area (Å²) in [6, 6.07) is -0.575. The lowest BCUT2D eigenvalue weighted by Crippen LogP contribution is -2.55. The van der Waals surface area contributed by atoms with Crippen molar-refractivity contribution < 1.29 is 29.0 Å². The first-order valence-corrected chi connectivity index (χ1v) is 6.69. The Labute approximate surface area is 123 Å². The Morgan fingerprint density at radius 1 is 1.29 bits per heavy atom. The molecule has 2 N–H and O–H groups in total. The number of carbonyl (C=O) groups is 3. The first-order chi connectivity index (χ1) is 9.64. The third kappa shape index (κ3) is 5.13. The van der Waals surface area contributed by atoms with Gasteiger partial charge < -0.3 is 24.8 Å². The van der Waals surface area contributed by atoms with Crippen LogP contribution in [0.3, 0.4) is 0 Å². The van der Waals surface area contributed by atoms with Gasteiger partial charge in [0.15, 0.2) is 0 Å². The van der Waals surface area contributed by atoms with Crippen LogP contribution in [0.5, 0.6) is 0 Å². The molecule has 1 fully saturated rings. The van der Waals surface area contributed by atoms with Gasteiger partial charge in [-0.2, -0.15) is 0 Å². The summed E-state index contributed by atoms with van der Waals surface area (Å²) in [6.07, 6.45) is -0.909. The van der Waals surface area contributed by atoms with Crippen LogP contribution in [-0.4, -0.2) is 60.0 Å². The molecule has 2 amide bonds. The highest BCUT2D eigenvalue weighted by Crippen LogP contribution is 2.20. The van der Waals surface area contributed by atoms with Crippen molar-refractivity contribution in [3.63, 3.8) is 0 Å². The zero-order chi connectivity index (χ0) is 16.2. The summed E-state index contributed by atoms with van der Waals surface area (Å²) in [5.74, 6) is -1.98. The summed E-state index contributed by atoms with van der Waals surface area (Å²) in [4.78, 5) is 35.8. The molecule has 0 unspecified atom stereocenters.